The molecular weight excluding hydrogens is 284 g/mol. The summed E-state index contributed by atoms with van der Waals surface area (Å²) in [4.78, 5) is 22.0. The van der Waals surface area contributed by atoms with Gasteiger partial charge in [-0.3, -0.25) is 4.79 Å². The van der Waals surface area contributed by atoms with E-state index in [9.17, 15) is 35.9 Å². The number of alkyl halides is 6. The summed E-state index contributed by atoms with van der Waals surface area (Å²) in [5.74, 6) is -3.27. The van der Waals surface area contributed by atoms with Gasteiger partial charge in [0.1, 0.15) is 13.2 Å². The third-order valence-electron chi connectivity index (χ3n) is 1.56. The molecule has 0 aromatic heterocycles. The molecule has 1 amide bonds. The second-order valence-electron chi connectivity index (χ2n) is 3.32. The lowest BCUT2D eigenvalue weighted by molar-refractivity contribution is -0.169. The third kappa shape index (κ3) is 8.91. The molecule has 0 rings (SSSR count). The fourth-order valence-corrected chi connectivity index (χ4v) is 0.864. The van der Waals surface area contributed by atoms with E-state index >= 15 is 0 Å². The summed E-state index contributed by atoms with van der Waals surface area (Å²) in [7, 11) is 0.711. The number of carbonyl (C=O) groups is 2. The lowest BCUT2D eigenvalue weighted by Crippen LogP contribution is -2.40. The molecule has 0 saturated heterocycles. The van der Waals surface area contributed by atoms with Crippen LogP contribution in [0.5, 0.6) is 0 Å². The summed E-state index contributed by atoms with van der Waals surface area (Å²) in [5, 5.41) is 0. The van der Waals surface area contributed by atoms with Gasteiger partial charge in [-0.1, -0.05) is 0 Å². The van der Waals surface area contributed by atoms with Crippen molar-refractivity contribution in [1.29, 1.82) is 0 Å². The van der Waals surface area contributed by atoms with Crippen molar-refractivity contribution in [3.8, 4) is 0 Å². The SMILES string of the molecule is CN(CC(F)(F)F)C(=O)C(=O)OC/C=C/C(F)(F)F. The maximum atomic E-state index is 11.9. The van der Waals surface area contributed by atoms with Gasteiger partial charge in [0.05, 0.1) is 0 Å². The van der Waals surface area contributed by atoms with Crippen LogP contribution in [-0.2, 0) is 14.3 Å². The Balaban J connectivity index is 4.22. The van der Waals surface area contributed by atoms with Gasteiger partial charge in [0.25, 0.3) is 0 Å². The normalized spacial score (nSPS) is 12.6. The van der Waals surface area contributed by atoms with Crippen LogP contribution in [0.3, 0.4) is 0 Å². The van der Waals surface area contributed by atoms with E-state index in [1.54, 1.807) is 0 Å². The highest BCUT2D eigenvalue weighted by Gasteiger charge is 2.33. The Morgan fingerprint density at radius 2 is 1.68 bits per heavy atom. The molecule has 0 fully saturated rings. The molecule has 0 spiro atoms. The monoisotopic (exact) mass is 293 g/mol. The van der Waals surface area contributed by atoms with E-state index in [2.05, 4.69) is 4.74 Å². The standard InChI is InChI=1S/C9H9F6NO3/c1-16(5-9(13,14)15)6(17)7(18)19-4-2-3-8(10,11)12/h2-3H,4-5H2,1H3/b3-2+. The molecule has 0 unspecified atom stereocenters. The summed E-state index contributed by atoms with van der Waals surface area (Å²) in [6.07, 6.45) is -9.12. The molecule has 110 valence electrons. The van der Waals surface area contributed by atoms with Crippen molar-refractivity contribution < 1.29 is 40.7 Å². The quantitative estimate of drug-likeness (QED) is 0.344. The highest BCUT2D eigenvalue weighted by Crippen LogP contribution is 2.16. The first-order chi connectivity index (χ1) is 8.42. The number of rotatable bonds is 3. The summed E-state index contributed by atoms with van der Waals surface area (Å²) in [6, 6.07) is 0. The third-order valence-corrected chi connectivity index (χ3v) is 1.56. The summed E-state index contributed by atoms with van der Waals surface area (Å²) in [5.41, 5.74) is 0. The van der Waals surface area contributed by atoms with Gasteiger partial charge >= 0.3 is 24.2 Å². The zero-order valence-electron chi connectivity index (χ0n) is 9.51. The van der Waals surface area contributed by atoms with E-state index in [1.165, 1.54) is 0 Å². The molecule has 10 heteroatoms. The van der Waals surface area contributed by atoms with Gasteiger partial charge < -0.3 is 9.64 Å². The minimum Gasteiger partial charge on any atom is -0.454 e. The molecule has 0 radical (unpaired) electrons. The highest BCUT2D eigenvalue weighted by atomic mass is 19.4. The van der Waals surface area contributed by atoms with Crippen LogP contribution < -0.4 is 0 Å². The van der Waals surface area contributed by atoms with Crippen LogP contribution in [0.15, 0.2) is 12.2 Å². The van der Waals surface area contributed by atoms with E-state index in [0.717, 1.165) is 0 Å². The fourth-order valence-electron chi connectivity index (χ4n) is 0.864. The average Bonchev–Trinajstić information content (AvgIpc) is 2.19. The van der Waals surface area contributed by atoms with Gasteiger partial charge in [-0.15, -0.1) is 0 Å². The number of likely N-dealkylation sites (N-methyl/N-ethyl adjacent to an activating group) is 1. The van der Waals surface area contributed by atoms with E-state index in [1.807, 2.05) is 0 Å². The maximum Gasteiger partial charge on any atom is 0.409 e. The number of amides is 1. The lowest BCUT2D eigenvalue weighted by Gasteiger charge is -2.17. The summed E-state index contributed by atoms with van der Waals surface area (Å²) in [6.45, 7) is -2.54. The van der Waals surface area contributed by atoms with E-state index in [-0.39, 0.29) is 11.0 Å². The Bertz CT molecular complexity index is 360. The number of carbonyl (C=O) groups excluding carboxylic acids is 2. The topological polar surface area (TPSA) is 46.6 Å². The largest absolute Gasteiger partial charge is 0.454 e. The number of nitrogens with zero attached hydrogens (tertiary/aromatic N) is 1. The van der Waals surface area contributed by atoms with Gasteiger partial charge in [-0.2, -0.15) is 26.3 Å². The summed E-state index contributed by atoms with van der Waals surface area (Å²) >= 11 is 0. The van der Waals surface area contributed by atoms with Crippen molar-refractivity contribution in [3.05, 3.63) is 12.2 Å². The molecule has 0 heterocycles. The molecule has 0 atom stereocenters. The first kappa shape index (κ1) is 17.3. The Kier molecular flexibility index (Phi) is 5.84. The minimum absolute atomic E-state index is 0.0514. The number of hydrogen-bond acceptors (Lipinski definition) is 3. The Labute approximate surface area is 103 Å². The van der Waals surface area contributed by atoms with Crippen LogP contribution in [0, 0.1) is 0 Å². The zero-order valence-corrected chi connectivity index (χ0v) is 9.51. The van der Waals surface area contributed by atoms with Crippen LogP contribution in [0.4, 0.5) is 26.3 Å². The van der Waals surface area contributed by atoms with Crippen LogP contribution in [0.1, 0.15) is 0 Å². The van der Waals surface area contributed by atoms with Gasteiger partial charge in [-0.05, 0) is 6.08 Å². The number of ether oxygens (including phenoxy) is 1. The van der Waals surface area contributed by atoms with Crippen LogP contribution in [0.2, 0.25) is 0 Å². The van der Waals surface area contributed by atoms with Gasteiger partial charge in [0, 0.05) is 13.1 Å². The molecule has 0 aliphatic rings. The smallest absolute Gasteiger partial charge is 0.409 e. The molecule has 0 N–H and O–H groups in total. The zero-order chi connectivity index (χ0) is 15.3. The molecule has 0 aliphatic carbocycles. The fraction of sp³-hybridized carbons (Fsp3) is 0.556. The Morgan fingerprint density at radius 3 is 2.11 bits per heavy atom. The maximum absolute atomic E-state index is 11.9. The molecule has 19 heavy (non-hydrogen) atoms. The van der Waals surface area contributed by atoms with Crippen molar-refractivity contribution in [2.75, 3.05) is 20.2 Å². The second kappa shape index (κ2) is 6.43. The lowest BCUT2D eigenvalue weighted by atomic mass is 10.4. The predicted molar refractivity (Wildman–Crippen MR) is 49.8 cm³/mol. The van der Waals surface area contributed by atoms with Crippen molar-refractivity contribution in [2.24, 2.45) is 0 Å². The van der Waals surface area contributed by atoms with E-state index in [4.69, 9.17) is 0 Å². The molecular formula is C9H9F6NO3. The molecule has 0 aromatic rings. The van der Waals surface area contributed by atoms with Gasteiger partial charge in [-0.25, -0.2) is 4.79 Å². The number of hydrogen-bond donors (Lipinski definition) is 0. The molecule has 0 aromatic carbocycles. The van der Waals surface area contributed by atoms with Crippen LogP contribution in [-0.4, -0.2) is 49.3 Å². The van der Waals surface area contributed by atoms with Crippen molar-refractivity contribution >= 4 is 11.9 Å². The van der Waals surface area contributed by atoms with Crippen LogP contribution in [0.25, 0.3) is 0 Å². The van der Waals surface area contributed by atoms with Crippen molar-refractivity contribution in [2.45, 2.75) is 12.4 Å². The predicted octanol–water partition coefficient (Wildman–Crippen LogP) is 1.67. The van der Waals surface area contributed by atoms with E-state index < -0.39 is 37.4 Å². The molecule has 0 bridgehead atoms. The van der Waals surface area contributed by atoms with E-state index in [0.29, 0.717) is 13.1 Å². The number of allylic oxidation sites excluding steroid dienone is 1. The molecule has 0 saturated carbocycles. The molecule has 0 aliphatic heterocycles. The van der Waals surface area contributed by atoms with Crippen molar-refractivity contribution in [1.82, 2.24) is 4.90 Å². The Hall–Kier alpha value is -1.74. The average molecular weight is 293 g/mol. The second-order valence-corrected chi connectivity index (χ2v) is 3.32. The number of halogens is 6. The first-order valence-electron chi connectivity index (χ1n) is 4.66. The van der Waals surface area contributed by atoms with Crippen LogP contribution >= 0.6 is 0 Å². The van der Waals surface area contributed by atoms with Gasteiger partial charge in [0.2, 0.25) is 0 Å². The molecule has 4 nitrogen and oxygen atoms in total. The Morgan fingerprint density at radius 1 is 1.16 bits per heavy atom. The highest BCUT2D eigenvalue weighted by molar-refractivity contribution is 6.32. The van der Waals surface area contributed by atoms with Gasteiger partial charge in [0.15, 0.2) is 0 Å². The minimum atomic E-state index is -4.69. The number of esters is 1. The summed E-state index contributed by atoms with van der Waals surface area (Å²) < 4.78 is 74.6. The van der Waals surface area contributed by atoms with Crippen molar-refractivity contribution in [3.63, 3.8) is 0 Å². The first-order valence-corrected chi connectivity index (χ1v) is 4.66.